The van der Waals surface area contributed by atoms with Crippen LogP contribution in [0.5, 0.6) is 0 Å². The summed E-state index contributed by atoms with van der Waals surface area (Å²) in [5, 5.41) is 4.67. The lowest BCUT2D eigenvalue weighted by Gasteiger charge is -2.30. The molecule has 1 fully saturated rings. The minimum atomic E-state index is -0.736. The minimum absolute atomic E-state index is 0.212. The first-order chi connectivity index (χ1) is 20.4. The number of aromatic nitrogens is 1. The van der Waals surface area contributed by atoms with Gasteiger partial charge in [-0.05, 0) is 41.3 Å². The molecule has 1 saturated heterocycles. The molecule has 42 heavy (non-hydrogen) atoms. The van der Waals surface area contributed by atoms with Crippen LogP contribution in [0.4, 0.5) is 11.4 Å². The number of hydrogen-bond acceptors (Lipinski definition) is 6. The molecule has 2 aliphatic heterocycles. The second-order valence-electron chi connectivity index (χ2n) is 10.1. The lowest BCUT2D eigenvalue weighted by molar-refractivity contribution is -0.122. The molecular weight excluding hydrogens is 634 g/mol. The van der Waals surface area contributed by atoms with Crippen molar-refractivity contribution in [3.63, 3.8) is 0 Å². The molecule has 0 spiro atoms. The van der Waals surface area contributed by atoms with Gasteiger partial charge in [-0.1, -0.05) is 106 Å². The van der Waals surface area contributed by atoms with E-state index in [-0.39, 0.29) is 29.1 Å². The average molecular weight is 657 g/mol. The number of amides is 3. The van der Waals surface area contributed by atoms with E-state index in [2.05, 4.69) is 21.2 Å². The van der Waals surface area contributed by atoms with Crippen molar-refractivity contribution in [2.24, 2.45) is 5.92 Å². The van der Waals surface area contributed by atoms with Crippen molar-refractivity contribution in [3.8, 4) is 0 Å². The normalized spacial score (nSPS) is 19.5. The number of imide groups is 1. The smallest absolute Gasteiger partial charge is 0.308 e. The summed E-state index contributed by atoms with van der Waals surface area (Å²) in [5.41, 5.74) is 2.01. The molecule has 0 aliphatic carbocycles. The van der Waals surface area contributed by atoms with Gasteiger partial charge in [0, 0.05) is 26.3 Å². The summed E-state index contributed by atoms with van der Waals surface area (Å²) >= 11 is 5.72. The Kier molecular flexibility index (Phi) is 6.84. The van der Waals surface area contributed by atoms with Crippen molar-refractivity contribution < 1.29 is 14.4 Å². The van der Waals surface area contributed by atoms with Gasteiger partial charge in [-0.25, -0.2) is 4.90 Å². The maximum Gasteiger partial charge on any atom is 0.308 e. The number of para-hydroxylation sites is 1. The Balaban J connectivity index is 1.28. The number of benzene rings is 4. The van der Waals surface area contributed by atoms with Crippen LogP contribution < -0.4 is 15.1 Å². The topological polar surface area (TPSA) is 88.5 Å². The van der Waals surface area contributed by atoms with Gasteiger partial charge >= 0.3 is 4.87 Å². The quantitative estimate of drug-likeness (QED) is 0.226. The lowest BCUT2D eigenvalue weighted by atomic mass is 9.83. The predicted octanol–water partition coefficient (Wildman–Crippen LogP) is 6.26. The van der Waals surface area contributed by atoms with E-state index in [1.54, 1.807) is 24.3 Å². The molecule has 7 nitrogen and oxygen atoms in total. The van der Waals surface area contributed by atoms with Crippen LogP contribution in [0.2, 0.25) is 0 Å². The van der Waals surface area contributed by atoms with Crippen LogP contribution in [-0.2, 0) is 20.9 Å². The fraction of sp³-hybridized carbons (Fsp3) is 0.125. The first-order valence-electron chi connectivity index (χ1n) is 13.3. The van der Waals surface area contributed by atoms with Crippen molar-refractivity contribution in [1.29, 1.82) is 0 Å². The van der Waals surface area contributed by atoms with Gasteiger partial charge in [-0.2, -0.15) is 0 Å². The largest absolute Gasteiger partial charge is 0.324 e. The molecule has 4 aromatic carbocycles. The first-order valence-corrected chi connectivity index (χ1v) is 15.8. The molecule has 3 amide bonds. The highest BCUT2D eigenvalue weighted by Gasteiger charge is 2.56. The molecule has 3 heterocycles. The number of carbonyl (C=O) groups excluding carboxylic acids is 3. The third-order valence-corrected chi connectivity index (χ3v) is 10.8. The standard InChI is InChI=1S/C32H22BrN3O4S2/c33-20-15-13-19(14-16-20)25-26-27(30(39)36(29(26)38)21-9-2-1-3-10-21)41-31-28(25)42-32(40)35(31)17-24(37)34-23-12-6-8-18-7-4-5-11-22(18)23/h1-16,25-27H,17H2,(H,34,37). The summed E-state index contributed by atoms with van der Waals surface area (Å²) in [4.78, 5) is 56.1. The van der Waals surface area contributed by atoms with Crippen LogP contribution in [0.3, 0.4) is 0 Å². The van der Waals surface area contributed by atoms with Gasteiger partial charge in [0.15, 0.2) is 0 Å². The van der Waals surface area contributed by atoms with E-state index in [0.29, 0.717) is 21.3 Å². The zero-order chi connectivity index (χ0) is 29.0. The highest BCUT2D eigenvalue weighted by molar-refractivity contribution is 9.10. The SMILES string of the molecule is O=C(Cn1c2c(sc1=O)C(c1ccc(Br)cc1)C1C(=O)N(c3ccccc3)C(=O)C1S2)Nc1cccc2ccccc12. The fourth-order valence-corrected chi connectivity index (χ4v) is 8.82. The van der Waals surface area contributed by atoms with E-state index in [1.807, 2.05) is 72.8 Å². The third kappa shape index (κ3) is 4.50. The molecule has 0 radical (unpaired) electrons. The number of rotatable bonds is 5. The van der Waals surface area contributed by atoms with E-state index in [9.17, 15) is 19.2 Å². The first kappa shape index (κ1) is 26.9. The highest BCUT2D eigenvalue weighted by atomic mass is 79.9. The van der Waals surface area contributed by atoms with Crippen LogP contribution in [0, 0.1) is 5.92 Å². The Morgan fingerprint density at radius 3 is 2.33 bits per heavy atom. The molecule has 208 valence electrons. The Bertz CT molecular complexity index is 1930. The Labute approximate surface area is 257 Å². The second kappa shape index (κ2) is 10.7. The van der Waals surface area contributed by atoms with Gasteiger partial charge in [0.2, 0.25) is 17.7 Å². The van der Waals surface area contributed by atoms with Crippen LogP contribution >= 0.6 is 39.0 Å². The molecule has 1 N–H and O–H groups in total. The number of hydrogen-bond donors (Lipinski definition) is 1. The highest BCUT2D eigenvalue weighted by Crippen LogP contribution is 2.54. The van der Waals surface area contributed by atoms with Crippen molar-refractivity contribution in [1.82, 2.24) is 4.57 Å². The molecule has 10 heteroatoms. The van der Waals surface area contributed by atoms with E-state index in [1.165, 1.54) is 21.2 Å². The number of anilines is 2. The number of thioether (sulfide) groups is 1. The summed E-state index contributed by atoms with van der Waals surface area (Å²) < 4.78 is 2.32. The minimum Gasteiger partial charge on any atom is -0.324 e. The van der Waals surface area contributed by atoms with Crippen molar-refractivity contribution in [3.05, 3.63) is 122 Å². The van der Waals surface area contributed by atoms with Gasteiger partial charge in [0.05, 0.1) is 16.6 Å². The van der Waals surface area contributed by atoms with Crippen molar-refractivity contribution >= 4 is 78.9 Å². The molecule has 7 rings (SSSR count). The lowest BCUT2D eigenvalue weighted by Crippen LogP contribution is -2.33. The zero-order valence-electron chi connectivity index (χ0n) is 21.9. The number of halogens is 1. The number of fused-ring (bicyclic) bond motifs is 3. The summed E-state index contributed by atoms with van der Waals surface area (Å²) in [5.74, 6) is -2.16. The molecule has 2 aliphatic rings. The van der Waals surface area contributed by atoms with E-state index >= 15 is 0 Å². The van der Waals surface area contributed by atoms with Gasteiger partial charge in [0.1, 0.15) is 11.8 Å². The molecule has 3 unspecified atom stereocenters. The summed E-state index contributed by atoms with van der Waals surface area (Å²) in [7, 11) is 0. The van der Waals surface area contributed by atoms with E-state index < -0.39 is 17.1 Å². The second-order valence-corrected chi connectivity index (χ2v) is 13.2. The van der Waals surface area contributed by atoms with Gasteiger partial charge in [-0.15, -0.1) is 0 Å². The maximum atomic E-state index is 13.9. The van der Waals surface area contributed by atoms with Crippen LogP contribution in [-0.4, -0.2) is 27.5 Å². The number of carbonyl (C=O) groups is 3. The van der Waals surface area contributed by atoms with E-state index in [4.69, 9.17) is 0 Å². The predicted molar refractivity (Wildman–Crippen MR) is 169 cm³/mol. The fourth-order valence-electron chi connectivity index (χ4n) is 5.78. The average Bonchev–Trinajstić information content (AvgIpc) is 3.44. The summed E-state index contributed by atoms with van der Waals surface area (Å²) in [6.07, 6.45) is 0. The molecule has 1 aromatic heterocycles. The number of nitrogens with zero attached hydrogens (tertiary/aromatic N) is 2. The molecule has 0 bridgehead atoms. The van der Waals surface area contributed by atoms with Gasteiger partial charge < -0.3 is 5.32 Å². The Hall–Kier alpha value is -3.99. The van der Waals surface area contributed by atoms with Crippen LogP contribution in [0.25, 0.3) is 10.8 Å². The van der Waals surface area contributed by atoms with Crippen LogP contribution in [0.15, 0.2) is 111 Å². The zero-order valence-corrected chi connectivity index (χ0v) is 25.1. The van der Waals surface area contributed by atoms with Crippen LogP contribution in [0.1, 0.15) is 16.4 Å². The summed E-state index contributed by atoms with van der Waals surface area (Å²) in [6.45, 7) is -0.212. The van der Waals surface area contributed by atoms with Gasteiger partial charge in [0.25, 0.3) is 0 Å². The Morgan fingerprint density at radius 2 is 1.55 bits per heavy atom. The molecule has 0 saturated carbocycles. The monoisotopic (exact) mass is 655 g/mol. The summed E-state index contributed by atoms with van der Waals surface area (Å²) in [6, 6.07) is 29.9. The molecular formula is C32H22BrN3O4S2. The number of thiazole rings is 1. The molecule has 5 aromatic rings. The maximum absolute atomic E-state index is 13.9. The molecule has 3 atom stereocenters. The number of nitrogens with one attached hydrogen (secondary N) is 1. The van der Waals surface area contributed by atoms with E-state index in [0.717, 1.165) is 32.1 Å². The van der Waals surface area contributed by atoms with Crippen molar-refractivity contribution in [2.45, 2.75) is 22.7 Å². The van der Waals surface area contributed by atoms with Gasteiger partial charge in [-0.3, -0.25) is 23.7 Å². The van der Waals surface area contributed by atoms with Crippen molar-refractivity contribution in [2.75, 3.05) is 10.2 Å². The third-order valence-electron chi connectivity index (χ3n) is 7.66. The Morgan fingerprint density at radius 1 is 0.833 bits per heavy atom.